The third-order valence-corrected chi connectivity index (χ3v) is 7.59. The van der Waals surface area contributed by atoms with E-state index in [0.717, 1.165) is 18.4 Å². The minimum absolute atomic E-state index is 0.0981. The van der Waals surface area contributed by atoms with Crippen LogP contribution < -0.4 is 0 Å². The molecule has 0 aromatic carbocycles. The van der Waals surface area contributed by atoms with Gasteiger partial charge in [-0.05, 0) is 60.8 Å². The first kappa shape index (κ1) is 18.1. The summed E-state index contributed by atoms with van der Waals surface area (Å²) in [5.41, 5.74) is 0.0837. The van der Waals surface area contributed by atoms with Crippen molar-refractivity contribution in [2.75, 3.05) is 0 Å². The van der Waals surface area contributed by atoms with E-state index in [0.29, 0.717) is 12.8 Å². The summed E-state index contributed by atoms with van der Waals surface area (Å²) in [5.74, 6) is 0.361. The maximum absolute atomic E-state index is 10.7. The van der Waals surface area contributed by atoms with Crippen molar-refractivity contribution >= 4 is 0 Å². The summed E-state index contributed by atoms with van der Waals surface area (Å²) >= 11 is 0. The Morgan fingerprint density at radius 3 is 2.33 bits per heavy atom. The Labute approximate surface area is 144 Å². The molecule has 0 radical (unpaired) electrons. The van der Waals surface area contributed by atoms with Crippen LogP contribution in [-0.2, 0) is 0 Å². The highest BCUT2D eigenvalue weighted by molar-refractivity contribution is 5.40. The molecule has 3 aliphatic rings. The molecule has 3 rings (SSSR count). The molecule has 0 aliphatic heterocycles. The van der Waals surface area contributed by atoms with Gasteiger partial charge in [0.15, 0.2) is 0 Å². The zero-order chi connectivity index (χ0) is 18.1. The van der Waals surface area contributed by atoms with E-state index in [-0.39, 0.29) is 22.7 Å². The van der Waals surface area contributed by atoms with Gasteiger partial charge in [-0.15, -0.1) is 0 Å². The summed E-state index contributed by atoms with van der Waals surface area (Å²) < 4.78 is 0. The van der Waals surface area contributed by atoms with Crippen LogP contribution in [0.15, 0.2) is 23.8 Å². The fraction of sp³-hybridized carbons (Fsp3) is 0.800. The average molecular weight is 336 g/mol. The van der Waals surface area contributed by atoms with Crippen molar-refractivity contribution in [1.82, 2.24) is 0 Å². The number of hydrogen-bond donors (Lipinski definition) is 4. The van der Waals surface area contributed by atoms with Crippen molar-refractivity contribution in [3.05, 3.63) is 23.8 Å². The van der Waals surface area contributed by atoms with E-state index in [9.17, 15) is 20.4 Å². The van der Waals surface area contributed by atoms with Crippen molar-refractivity contribution in [3.8, 4) is 0 Å². The highest BCUT2D eigenvalue weighted by atomic mass is 16.3. The molecule has 2 fully saturated rings. The Morgan fingerprint density at radius 2 is 1.75 bits per heavy atom. The third-order valence-electron chi connectivity index (χ3n) is 7.59. The molecular formula is C20H32O4. The third kappa shape index (κ3) is 2.20. The first-order valence-electron chi connectivity index (χ1n) is 9.10. The molecule has 2 saturated carbocycles. The Kier molecular flexibility index (Phi) is 4.08. The molecule has 0 bridgehead atoms. The minimum atomic E-state index is -1.26. The number of aliphatic hydroxyl groups is 4. The van der Waals surface area contributed by atoms with Crippen LogP contribution in [0.4, 0.5) is 0 Å². The second-order valence-electron chi connectivity index (χ2n) is 9.23. The van der Waals surface area contributed by atoms with Crippen LogP contribution in [0, 0.1) is 22.7 Å². The lowest BCUT2D eigenvalue weighted by molar-refractivity contribution is -0.188. The van der Waals surface area contributed by atoms with Gasteiger partial charge in [-0.2, -0.15) is 0 Å². The predicted molar refractivity (Wildman–Crippen MR) is 93.2 cm³/mol. The molecule has 0 saturated heterocycles. The van der Waals surface area contributed by atoms with Crippen molar-refractivity contribution in [1.29, 1.82) is 0 Å². The van der Waals surface area contributed by atoms with Crippen molar-refractivity contribution in [3.63, 3.8) is 0 Å². The van der Waals surface area contributed by atoms with Gasteiger partial charge in [-0.25, -0.2) is 0 Å². The number of aliphatic hydroxyl groups excluding tert-OH is 3. The Bertz CT molecular complexity index is 576. The molecule has 4 nitrogen and oxygen atoms in total. The van der Waals surface area contributed by atoms with E-state index >= 15 is 0 Å². The fourth-order valence-electron chi connectivity index (χ4n) is 6.24. The second kappa shape index (κ2) is 5.41. The summed E-state index contributed by atoms with van der Waals surface area (Å²) in [7, 11) is 0. The highest BCUT2D eigenvalue weighted by Crippen LogP contribution is 2.64. The van der Waals surface area contributed by atoms with Gasteiger partial charge < -0.3 is 20.4 Å². The largest absolute Gasteiger partial charge is 0.390 e. The number of allylic oxidation sites excluding steroid dienone is 1. The van der Waals surface area contributed by atoms with Crippen molar-refractivity contribution in [2.24, 2.45) is 22.7 Å². The van der Waals surface area contributed by atoms with Crippen molar-refractivity contribution in [2.45, 2.75) is 77.3 Å². The summed E-state index contributed by atoms with van der Waals surface area (Å²) in [6, 6.07) is 0. The van der Waals surface area contributed by atoms with Crippen LogP contribution in [0.5, 0.6) is 0 Å². The van der Waals surface area contributed by atoms with E-state index in [4.69, 9.17) is 0 Å². The molecule has 0 spiro atoms. The molecule has 0 aromatic rings. The molecule has 0 aromatic heterocycles. The topological polar surface area (TPSA) is 80.9 Å². The summed E-state index contributed by atoms with van der Waals surface area (Å²) in [5, 5.41) is 42.4. The Morgan fingerprint density at radius 1 is 1.12 bits per heavy atom. The molecule has 4 N–H and O–H groups in total. The van der Waals surface area contributed by atoms with Gasteiger partial charge in [0.1, 0.15) is 5.60 Å². The molecule has 24 heavy (non-hydrogen) atoms. The minimum Gasteiger partial charge on any atom is -0.390 e. The molecule has 0 heterocycles. The van der Waals surface area contributed by atoms with Gasteiger partial charge in [0.05, 0.1) is 18.3 Å². The lowest BCUT2D eigenvalue weighted by Crippen LogP contribution is -2.62. The van der Waals surface area contributed by atoms with Gasteiger partial charge >= 0.3 is 0 Å². The SMILES string of the molecule is C=CC1=C2CC[C@@H]3C(C)(C)[C@H](O)[C@H](O)C[C@@]3(C)[C@@H]2C[C@H](O)[C@@]1(C)O. The smallest absolute Gasteiger partial charge is 0.113 e. The maximum Gasteiger partial charge on any atom is 0.113 e. The van der Waals surface area contributed by atoms with Gasteiger partial charge in [0.25, 0.3) is 0 Å². The fourth-order valence-corrected chi connectivity index (χ4v) is 6.24. The molecule has 0 amide bonds. The summed E-state index contributed by atoms with van der Waals surface area (Å²) in [6.45, 7) is 11.8. The quantitative estimate of drug-likeness (QED) is 0.592. The number of rotatable bonds is 1. The molecule has 0 unspecified atom stereocenters. The maximum atomic E-state index is 10.7. The lowest BCUT2D eigenvalue weighted by atomic mass is 9.44. The van der Waals surface area contributed by atoms with Gasteiger partial charge in [0, 0.05) is 0 Å². The van der Waals surface area contributed by atoms with E-state index < -0.39 is 23.9 Å². The first-order valence-corrected chi connectivity index (χ1v) is 9.10. The van der Waals surface area contributed by atoms with E-state index in [2.05, 4.69) is 13.5 Å². The van der Waals surface area contributed by atoms with Gasteiger partial charge in [0.2, 0.25) is 0 Å². The van der Waals surface area contributed by atoms with E-state index in [1.807, 2.05) is 13.8 Å². The van der Waals surface area contributed by atoms with Crippen LogP contribution in [0.1, 0.15) is 53.4 Å². The molecule has 4 heteroatoms. The van der Waals surface area contributed by atoms with Crippen LogP contribution in [0.25, 0.3) is 0 Å². The molecular weight excluding hydrogens is 304 g/mol. The monoisotopic (exact) mass is 336 g/mol. The molecule has 136 valence electrons. The Hall–Kier alpha value is -0.680. The van der Waals surface area contributed by atoms with Crippen LogP contribution in [-0.4, -0.2) is 44.3 Å². The van der Waals surface area contributed by atoms with Gasteiger partial charge in [-0.3, -0.25) is 0 Å². The first-order chi connectivity index (χ1) is 11.0. The van der Waals surface area contributed by atoms with Crippen LogP contribution >= 0.6 is 0 Å². The highest BCUT2D eigenvalue weighted by Gasteiger charge is 2.61. The van der Waals surface area contributed by atoms with Crippen molar-refractivity contribution < 1.29 is 20.4 Å². The lowest BCUT2D eigenvalue weighted by Gasteiger charge is -2.62. The zero-order valence-corrected chi connectivity index (χ0v) is 15.3. The predicted octanol–water partition coefficient (Wildman–Crippen LogP) is 2.17. The number of fused-ring (bicyclic) bond motifs is 3. The average Bonchev–Trinajstić information content (AvgIpc) is 2.47. The van der Waals surface area contributed by atoms with E-state index in [1.165, 1.54) is 5.57 Å². The normalized spacial score (nSPS) is 50.9. The Balaban J connectivity index is 2.12. The van der Waals surface area contributed by atoms with Gasteiger partial charge in [-0.1, -0.05) is 39.0 Å². The van der Waals surface area contributed by atoms with E-state index in [1.54, 1.807) is 13.0 Å². The van der Waals surface area contributed by atoms with Crippen LogP contribution in [0.3, 0.4) is 0 Å². The molecule has 7 atom stereocenters. The molecule has 3 aliphatic carbocycles. The van der Waals surface area contributed by atoms with Crippen LogP contribution in [0.2, 0.25) is 0 Å². The zero-order valence-electron chi connectivity index (χ0n) is 15.3. The second-order valence-corrected chi connectivity index (χ2v) is 9.23. The summed E-state index contributed by atoms with van der Waals surface area (Å²) in [6.07, 6.45) is 2.14. The summed E-state index contributed by atoms with van der Waals surface area (Å²) in [4.78, 5) is 0. The number of hydrogen-bond acceptors (Lipinski definition) is 4. The standard InChI is InChI=1S/C20H32O4/c1-6-12-11-7-8-15-18(2,3)17(23)14(21)10-19(15,4)13(11)9-16(22)20(12,5)24/h6,13-17,21-24H,1,7-10H2,2-5H3/t13-,14-,15-,16+,17-,19+,20+/m1/s1.